The molecule has 1 aromatic rings. The molecular weight excluding hydrogens is 183 g/mol. The van der Waals surface area contributed by atoms with E-state index in [1.165, 1.54) is 6.07 Å². The van der Waals surface area contributed by atoms with E-state index in [2.05, 4.69) is 4.99 Å². The molecule has 1 heterocycles. The first kappa shape index (κ1) is 8.99. The molecule has 0 aromatic heterocycles. The molecule has 0 aliphatic carbocycles. The predicted molar refractivity (Wildman–Crippen MR) is 51.5 cm³/mol. The molecule has 1 unspecified atom stereocenters. The van der Waals surface area contributed by atoms with Crippen LogP contribution in [-0.4, -0.2) is 12.6 Å². The molecule has 0 fully saturated rings. The van der Waals surface area contributed by atoms with Gasteiger partial charge < -0.3 is 10.5 Å². The van der Waals surface area contributed by atoms with Crippen LogP contribution < -0.4 is 5.73 Å². The van der Waals surface area contributed by atoms with Gasteiger partial charge in [0, 0.05) is 0 Å². The van der Waals surface area contributed by atoms with Crippen LogP contribution in [0, 0.1) is 12.7 Å². The lowest BCUT2D eigenvalue weighted by atomic mass is 10.1. The van der Waals surface area contributed by atoms with Crippen molar-refractivity contribution in [2.24, 2.45) is 10.7 Å². The van der Waals surface area contributed by atoms with Crippen molar-refractivity contribution >= 4 is 6.02 Å². The minimum absolute atomic E-state index is 0.0886. The van der Waals surface area contributed by atoms with Gasteiger partial charge in [0.15, 0.2) is 0 Å². The Hall–Kier alpha value is -1.58. The van der Waals surface area contributed by atoms with E-state index in [-0.39, 0.29) is 17.9 Å². The van der Waals surface area contributed by atoms with Crippen molar-refractivity contribution in [1.82, 2.24) is 0 Å². The van der Waals surface area contributed by atoms with E-state index in [1.54, 1.807) is 19.1 Å². The molecule has 0 bridgehead atoms. The number of aliphatic imine (C=N–C) groups is 1. The zero-order valence-corrected chi connectivity index (χ0v) is 7.83. The Balaban J connectivity index is 2.29. The van der Waals surface area contributed by atoms with Crippen molar-refractivity contribution in [3.63, 3.8) is 0 Å². The van der Waals surface area contributed by atoms with Gasteiger partial charge in [0.1, 0.15) is 18.5 Å². The second kappa shape index (κ2) is 3.29. The Labute approximate surface area is 81.4 Å². The van der Waals surface area contributed by atoms with E-state index >= 15 is 0 Å². The zero-order valence-electron chi connectivity index (χ0n) is 7.83. The first-order valence-electron chi connectivity index (χ1n) is 4.39. The van der Waals surface area contributed by atoms with Crippen molar-refractivity contribution < 1.29 is 9.13 Å². The average Bonchev–Trinajstić information content (AvgIpc) is 2.57. The third-order valence-electron chi connectivity index (χ3n) is 2.24. The Kier molecular flexibility index (Phi) is 2.11. The topological polar surface area (TPSA) is 47.6 Å². The van der Waals surface area contributed by atoms with Crippen LogP contribution in [0.5, 0.6) is 0 Å². The molecule has 3 nitrogen and oxygen atoms in total. The van der Waals surface area contributed by atoms with Crippen LogP contribution in [0.3, 0.4) is 0 Å². The zero-order chi connectivity index (χ0) is 10.1. The summed E-state index contributed by atoms with van der Waals surface area (Å²) >= 11 is 0. The van der Waals surface area contributed by atoms with E-state index in [0.717, 1.165) is 5.56 Å². The number of nitrogens with zero attached hydrogens (tertiary/aromatic N) is 1. The average molecular weight is 194 g/mol. The molecule has 74 valence electrons. The summed E-state index contributed by atoms with van der Waals surface area (Å²) in [5, 5.41) is 0. The van der Waals surface area contributed by atoms with Crippen molar-refractivity contribution in [2.45, 2.75) is 13.0 Å². The molecule has 0 radical (unpaired) electrons. The van der Waals surface area contributed by atoms with E-state index in [9.17, 15) is 4.39 Å². The molecule has 1 aliphatic heterocycles. The summed E-state index contributed by atoms with van der Waals surface area (Å²) in [6, 6.07) is 5.03. The molecule has 14 heavy (non-hydrogen) atoms. The number of aryl methyl sites for hydroxylation is 1. The van der Waals surface area contributed by atoms with Gasteiger partial charge in [-0.05, 0) is 24.1 Å². The van der Waals surface area contributed by atoms with Crippen LogP contribution in [0.25, 0.3) is 0 Å². The molecular formula is C10H11FN2O. The van der Waals surface area contributed by atoms with Gasteiger partial charge >= 0.3 is 0 Å². The molecule has 1 atom stereocenters. The maximum absolute atomic E-state index is 13.0. The van der Waals surface area contributed by atoms with Crippen molar-refractivity contribution in [1.29, 1.82) is 0 Å². The highest BCUT2D eigenvalue weighted by molar-refractivity contribution is 5.73. The van der Waals surface area contributed by atoms with Crippen LogP contribution in [0.2, 0.25) is 0 Å². The van der Waals surface area contributed by atoms with Crippen LogP contribution in [0.1, 0.15) is 17.2 Å². The van der Waals surface area contributed by atoms with E-state index < -0.39 is 0 Å². The van der Waals surface area contributed by atoms with Gasteiger partial charge in [-0.1, -0.05) is 12.1 Å². The third kappa shape index (κ3) is 1.55. The molecule has 0 amide bonds. The number of hydrogen-bond donors (Lipinski definition) is 1. The van der Waals surface area contributed by atoms with Crippen LogP contribution in [0.4, 0.5) is 4.39 Å². The first-order valence-corrected chi connectivity index (χ1v) is 4.39. The first-order chi connectivity index (χ1) is 6.66. The van der Waals surface area contributed by atoms with Gasteiger partial charge in [-0.3, -0.25) is 0 Å². The van der Waals surface area contributed by atoms with Gasteiger partial charge in [0.05, 0.1) is 0 Å². The Morgan fingerprint density at radius 2 is 2.36 bits per heavy atom. The quantitative estimate of drug-likeness (QED) is 0.736. The summed E-state index contributed by atoms with van der Waals surface area (Å²) in [5.41, 5.74) is 6.93. The van der Waals surface area contributed by atoms with Crippen LogP contribution in [-0.2, 0) is 4.74 Å². The van der Waals surface area contributed by atoms with Gasteiger partial charge in [0.25, 0.3) is 6.02 Å². The fourth-order valence-electron chi connectivity index (χ4n) is 1.44. The Bertz CT molecular complexity index is 390. The highest BCUT2D eigenvalue weighted by atomic mass is 19.1. The second-order valence-electron chi connectivity index (χ2n) is 3.30. The van der Waals surface area contributed by atoms with Crippen LogP contribution >= 0.6 is 0 Å². The summed E-state index contributed by atoms with van der Waals surface area (Å²) in [6.07, 6.45) is 0. The number of hydrogen-bond acceptors (Lipinski definition) is 3. The highest BCUT2D eigenvalue weighted by Crippen LogP contribution is 2.23. The smallest absolute Gasteiger partial charge is 0.282 e. The number of rotatable bonds is 1. The maximum Gasteiger partial charge on any atom is 0.282 e. The number of benzene rings is 1. The lowest BCUT2D eigenvalue weighted by Crippen LogP contribution is -2.10. The number of nitrogens with two attached hydrogens (primary N) is 1. The monoisotopic (exact) mass is 194 g/mol. The van der Waals surface area contributed by atoms with Crippen LogP contribution in [0.15, 0.2) is 23.2 Å². The van der Waals surface area contributed by atoms with Gasteiger partial charge in [0.2, 0.25) is 0 Å². The summed E-state index contributed by atoms with van der Waals surface area (Å²) < 4.78 is 18.0. The Morgan fingerprint density at radius 1 is 1.57 bits per heavy atom. The molecule has 2 rings (SSSR count). The van der Waals surface area contributed by atoms with E-state index in [1.807, 2.05) is 0 Å². The predicted octanol–water partition coefficient (Wildman–Crippen LogP) is 1.52. The lowest BCUT2D eigenvalue weighted by molar-refractivity contribution is 0.315. The van der Waals surface area contributed by atoms with Crippen molar-refractivity contribution in [2.75, 3.05) is 6.61 Å². The minimum Gasteiger partial charge on any atom is -0.463 e. The number of ether oxygens (including phenoxy) is 1. The molecule has 0 spiro atoms. The lowest BCUT2D eigenvalue weighted by Gasteiger charge is -2.06. The van der Waals surface area contributed by atoms with Gasteiger partial charge in [-0.15, -0.1) is 0 Å². The fourth-order valence-corrected chi connectivity index (χ4v) is 1.44. The van der Waals surface area contributed by atoms with Crippen molar-refractivity contribution in [3.8, 4) is 0 Å². The SMILES string of the molecule is Cc1cc(C2COC(N)=N2)ccc1F. The second-order valence-corrected chi connectivity index (χ2v) is 3.30. The molecule has 0 saturated carbocycles. The molecule has 1 aromatic carbocycles. The summed E-state index contributed by atoms with van der Waals surface area (Å²) in [6.45, 7) is 2.17. The van der Waals surface area contributed by atoms with Crippen molar-refractivity contribution in [3.05, 3.63) is 35.1 Å². The number of halogens is 1. The van der Waals surface area contributed by atoms with Gasteiger partial charge in [-0.25, -0.2) is 9.38 Å². The summed E-state index contributed by atoms with van der Waals surface area (Å²) in [4.78, 5) is 4.08. The normalized spacial score (nSPS) is 20.4. The molecule has 1 aliphatic rings. The fraction of sp³-hybridized carbons (Fsp3) is 0.300. The molecule has 0 saturated heterocycles. The largest absolute Gasteiger partial charge is 0.463 e. The van der Waals surface area contributed by atoms with E-state index in [0.29, 0.717) is 12.2 Å². The number of amidine groups is 1. The van der Waals surface area contributed by atoms with E-state index in [4.69, 9.17) is 10.5 Å². The maximum atomic E-state index is 13.0. The standard InChI is InChI=1S/C10H11FN2O/c1-6-4-7(2-3-8(6)11)9-5-14-10(12)13-9/h2-4,9H,5H2,1H3,(H2,12,13). The third-order valence-corrected chi connectivity index (χ3v) is 2.24. The summed E-state index contributed by atoms with van der Waals surface area (Å²) in [5.74, 6) is -0.204. The molecule has 2 N–H and O–H groups in total. The highest BCUT2D eigenvalue weighted by Gasteiger charge is 2.18. The summed E-state index contributed by atoms with van der Waals surface area (Å²) in [7, 11) is 0. The minimum atomic E-state index is -0.204. The molecule has 4 heteroatoms. The van der Waals surface area contributed by atoms with Gasteiger partial charge in [-0.2, -0.15) is 0 Å². The Morgan fingerprint density at radius 3 is 2.93 bits per heavy atom.